The van der Waals surface area contributed by atoms with Gasteiger partial charge in [-0.2, -0.15) is 0 Å². The first-order chi connectivity index (χ1) is 13.1. The quantitative estimate of drug-likeness (QED) is 0.850. The highest BCUT2D eigenvalue weighted by molar-refractivity contribution is 5.89. The van der Waals surface area contributed by atoms with Gasteiger partial charge in [-0.05, 0) is 42.4 Å². The van der Waals surface area contributed by atoms with Crippen molar-refractivity contribution in [1.82, 2.24) is 4.90 Å². The van der Waals surface area contributed by atoms with Crippen molar-refractivity contribution in [2.75, 3.05) is 0 Å². The Morgan fingerprint density at radius 3 is 2.63 bits per heavy atom. The van der Waals surface area contributed by atoms with E-state index in [-0.39, 0.29) is 24.5 Å². The molecule has 2 heterocycles. The highest BCUT2D eigenvalue weighted by atomic mass is 16.5. The van der Waals surface area contributed by atoms with E-state index in [4.69, 9.17) is 10.5 Å². The third-order valence-electron chi connectivity index (χ3n) is 5.55. The lowest BCUT2D eigenvalue weighted by molar-refractivity contribution is -0.161. The minimum absolute atomic E-state index is 0.106. The van der Waals surface area contributed by atoms with E-state index in [0.717, 1.165) is 29.5 Å². The fourth-order valence-electron chi connectivity index (χ4n) is 4.23. The van der Waals surface area contributed by atoms with Crippen LogP contribution in [-0.2, 0) is 27.4 Å². The molecule has 4 rings (SSSR count). The molecule has 0 spiro atoms. The van der Waals surface area contributed by atoms with Crippen LogP contribution < -0.4 is 5.73 Å². The van der Waals surface area contributed by atoms with Crippen molar-refractivity contribution in [3.63, 3.8) is 0 Å². The number of hydrogen-bond acceptors (Lipinski definition) is 4. The van der Waals surface area contributed by atoms with Gasteiger partial charge in [-0.15, -0.1) is 0 Å². The second-order valence-electron chi connectivity index (χ2n) is 7.31. The number of piperidine rings is 1. The second-order valence-corrected chi connectivity index (χ2v) is 7.31. The van der Waals surface area contributed by atoms with E-state index in [1.54, 1.807) is 4.90 Å². The molecule has 0 radical (unpaired) electrons. The predicted molar refractivity (Wildman–Crippen MR) is 102 cm³/mol. The Morgan fingerprint density at radius 2 is 1.81 bits per heavy atom. The van der Waals surface area contributed by atoms with Gasteiger partial charge in [-0.1, -0.05) is 54.6 Å². The van der Waals surface area contributed by atoms with E-state index in [2.05, 4.69) is 6.07 Å². The zero-order valence-corrected chi connectivity index (χ0v) is 15.2. The van der Waals surface area contributed by atoms with Gasteiger partial charge in [-0.3, -0.25) is 4.79 Å². The van der Waals surface area contributed by atoms with Crippen LogP contribution in [0.2, 0.25) is 0 Å². The molecule has 2 aliphatic rings. The predicted octanol–water partition coefficient (Wildman–Crippen LogP) is 2.74. The van der Waals surface area contributed by atoms with Crippen molar-refractivity contribution in [1.29, 1.82) is 0 Å². The number of nitrogens with two attached hydrogens (primary N) is 1. The Bertz CT molecular complexity index is 836. The fraction of sp³-hybridized carbons (Fsp3) is 0.364. The molecule has 2 aliphatic heterocycles. The van der Waals surface area contributed by atoms with Gasteiger partial charge in [-0.25, -0.2) is 4.79 Å². The fourth-order valence-corrected chi connectivity index (χ4v) is 4.23. The van der Waals surface area contributed by atoms with Crippen LogP contribution in [0.15, 0.2) is 54.6 Å². The van der Waals surface area contributed by atoms with Crippen LogP contribution in [0.3, 0.4) is 0 Å². The van der Waals surface area contributed by atoms with Crippen LogP contribution in [-0.4, -0.2) is 28.9 Å². The molecule has 0 unspecified atom stereocenters. The molecule has 1 saturated heterocycles. The lowest BCUT2D eigenvalue weighted by Crippen LogP contribution is -2.54. The molecular formula is C22H24N2O3. The molecule has 2 aromatic carbocycles. The number of nitrogens with zero attached hydrogens (tertiary/aromatic N) is 1. The summed E-state index contributed by atoms with van der Waals surface area (Å²) in [6.07, 6.45) is 2.85. The number of fused-ring (bicyclic) bond motifs is 3. The Hall–Kier alpha value is -2.66. The first-order valence-corrected chi connectivity index (χ1v) is 9.51. The van der Waals surface area contributed by atoms with Crippen molar-refractivity contribution in [3.8, 4) is 0 Å². The summed E-state index contributed by atoms with van der Waals surface area (Å²) in [5, 5.41) is 0. The molecule has 5 nitrogen and oxygen atoms in total. The van der Waals surface area contributed by atoms with Crippen molar-refractivity contribution in [2.45, 2.75) is 50.4 Å². The summed E-state index contributed by atoms with van der Waals surface area (Å²) in [6.45, 7) is 0.214. The monoisotopic (exact) mass is 364 g/mol. The maximum atomic E-state index is 13.0. The summed E-state index contributed by atoms with van der Waals surface area (Å²) in [7, 11) is 0. The van der Waals surface area contributed by atoms with Gasteiger partial charge in [0.2, 0.25) is 5.91 Å². The van der Waals surface area contributed by atoms with Gasteiger partial charge >= 0.3 is 5.97 Å². The maximum absolute atomic E-state index is 13.0. The summed E-state index contributed by atoms with van der Waals surface area (Å²) >= 11 is 0. The zero-order valence-electron chi connectivity index (χ0n) is 15.2. The summed E-state index contributed by atoms with van der Waals surface area (Å²) in [5.41, 5.74) is 9.33. The lowest BCUT2D eigenvalue weighted by atomic mass is 9.89. The molecule has 27 heavy (non-hydrogen) atoms. The third kappa shape index (κ3) is 3.47. The summed E-state index contributed by atoms with van der Waals surface area (Å²) in [4.78, 5) is 27.6. The molecule has 0 aromatic heterocycles. The summed E-state index contributed by atoms with van der Waals surface area (Å²) < 4.78 is 5.56. The first kappa shape index (κ1) is 17.7. The number of amides is 1. The zero-order chi connectivity index (χ0) is 18.8. The standard InChI is InChI=1S/C22H24N2O3/c23-18-13-16-9-4-5-10-17(16)19-11-6-12-20(24(19)21(18)25)22(26)27-14-15-7-2-1-3-8-15/h1-5,7-10,18-20H,6,11-14,23H2/t18-,19+,20-/m0/s1. The number of ether oxygens (including phenoxy) is 1. The normalized spacial score (nSPS) is 24.6. The molecule has 1 fully saturated rings. The third-order valence-corrected chi connectivity index (χ3v) is 5.55. The minimum Gasteiger partial charge on any atom is -0.459 e. The molecule has 0 aliphatic carbocycles. The largest absolute Gasteiger partial charge is 0.459 e. The van der Waals surface area contributed by atoms with Gasteiger partial charge in [0.25, 0.3) is 0 Å². The summed E-state index contributed by atoms with van der Waals surface area (Å²) in [5.74, 6) is -0.499. The molecule has 2 aromatic rings. The van der Waals surface area contributed by atoms with Crippen LogP contribution in [0.5, 0.6) is 0 Å². The van der Waals surface area contributed by atoms with Crippen LogP contribution in [0.1, 0.15) is 42.0 Å². The number of carbonyl (C=O) groups is 2. The van der Waals surface area contributed by atoms with E-state index >= 15 is 0 Å². The van der Waals surface area contributed by atoms with Crippen LogP contribution in [0, 0.1) is 0 Å². The highest BCUT2D eigenvalue weighted by Gasteiger charge is 2.43. The van der Waals surface area contributed by atoms with E-state index in [0.29, 0.717) is 12.8 Å². The second kappa shape index (κ2) is 7.53. The van der Waals surface area contributed by atoms with Crippen molar-refractivity contribution in [2.24, 2.45) is 5.73 Å². The van der Waals surface area contributed by atoms with Crippen LogP contribution in [0.25, 0.3) is 0 Å². The Balaban J connectivity index is 1.59. The number of rotatable bonds is 3. The molecule has 2 N–H and O–H groups in total. The molecular weight excluding hydrogens is 340 g/mol. The molecule has 0 saturated carbocycles. The molecule has 3 atom stereocenters. The van der Waals surface area contributed by atoms with Crippen molar-refractivity contribution < 1.29 is 14.3 Å². The van der Waals surface area contributed by atoms with E-state index in [1.807, 2.05) is 48.5 Å². The van der Waals surface area contributed by atoms with Gasteiger partial charge in [0.15, 0.2) is 0 Å². The Kier molecular flexibility index (Phi) is 4.94. The van der Waals surface area contributed by atoms with E-state index in [9.17, 15) is 9.59 Å². The summed E-state index contributed by atoms with van der Waals surface area (Å²) in [6, 6.07) is 16.3. The van der Waals surface area contributed by atoms with Gasteiger partial charge < -0.3 is 15.4 Å². The Labute approximate surface area is 159 Å². The average Bonchev–Trinajstić information content (AvgIpc) is 2.82. The number of esters is 1. The number of hydrogen-bond donors (Lipinski definition) is 1. The molecule has 1 amide bonds. The maximum Gasteiger partial charge on any atom is 0.329 e. The number of benzene rings is 2. The molecule has 5 heteroatoms. The highest BCUT2D eigenvalue weighted by Crippen LogP contribution is 2.39. The van der Waals surface area contributed by atoms with Crippen LogP contribution in [0.4, 0.5) is 0 Å². The number of carbonyl (C=O) groups excluding carboxylic acids is 2. The van der Waals surface area contributed by atoms with Crippen molar-refractivity contribution in [3.05, 3.63) is 71.3 Å². The Morgan fingerprint density at radius 1 is 1.07 bits per heavy atom. The SMILES string of the molecule is N[C@H]1Cc2ccccc2[C@H]2CCC[C@@H](C(=O)OCc3ccccc3)N2C1=O. The average molecular weight is 364 g/mol. The molecule has 140 valence electrons. The van der Waals surface area contributed by atoms with Crippen LogP contribution >= 0.6 is 0 Å². The van der Waals surface area contributed by atoms with Gasteiger partial charge in [0.1, 0.15) is 12.6 Å². The first-order valence-electron chi connectivity index (χ1n) is 9.51. The van der Waals surface area contributed by atoms with E-state index in [1.165, 1.54) is 0 Å². The molecule has 0 bridgehead atoms. The smallest absolute Gasteiger partial charge is 0.329 e. The van der Waals surface area contributed by atoms with Gasteiger partial charge in [0, 0.05) is 0 Å². The van der Waals surface area contributed by atoms with Crippen molar-refractivity contribution >= 4 is 11.9 Å². The minimum atomic E-state index is -0.626. The lowest BCUT2D eigenvalue weighted by Gasteiger charge is -2.41. The topological polar surface area (TPSA) is 72.6 Å². The van der Waals surface area contributed by atoms with E-state index < -0.39 is 12.1 Å². The van der Waals surface area contributed by atoms with Gasteiger partial charge in [0.05, 0.1) is 12.1 Å².